The third-order valence-electron chi connectivity index (χ3n) is 3.97. The van der Waals surface area contributed by atoms with E-state index in [2.05, 4.69) is 10.2 Å². The average molecular weight is 284 g/mol. The van der Waals surface area contributed by atoms with Gasteiger partial charge in [0.15, 0.2) is 5.78 Å². The summed E-state index contributed by atoms with van der Waals surface area (Å²) in [5.41, 5.74) is 2.76. The summed E-state index contributed by atoms with van der Waals surface area (Å²) in [5.74, 6) is 0.321. The predicted octanol–water partition coefficient (Wildman–Crippen LogP) is 2.15. The fourth-order valence-electron chi connectivity index (χ4n) is 2.91. The van der Waals surface area contributed by atoms with Gasteiger partial charge in [-0.3, -0.25) is 14.2 Å². The zero-order valence-corrected chi connectivity index (χ0v) is 12.5. The van der Waals surface area contributed by atoms with E-state index in [9.17, 15) is 4.79 Å². The first-order valence-corrected chi connectivity index (χ1v) is 7.35. The molecular weight excluding hydrogens is 264 g/mol. The lowest BCUT2D eigenvalue weighted by atomic mass is 9.81. The highest BCUT2D eigenvalue weighted by molar-refractivity contribution is 6.01. The van der Waals surface area contributed by atoms with Crippen LogP contribution in [-0.4, -0.2) is 25.3 Å². The van der Waals surface area contributed by atoms with E-state index in [4.69, 9.17) is 0 Å². The molecule has 0 aliphatic heterocycles. The molecule has 5 nitrogen and oxygen atoms in total. The monoisotopic (exact) mass is 284 g/mol. The zero-order chi connectivity index (χ0) is 14.8. The number of Topliss-reactive ketones (excluding diaryl/α,β-unsaturated/α-hetero) is 1. The van der Waals surface area contributed by atoms with Crippen LogP contribution in [0.25, 0.3) is 6.08 Å². The second-order valence-electron chi connectivity index (χ2n) is 5.72. The van der Waals surface area contributed by atoms with Crippen LogP contribution >= 0.6 is 0 Å². The number of aromatic nitrogens is 4. The Morgan fingerprint density at radius 1 is 1.24 bits per heavy atom. The summed E-state index contributed by atoms with van der Waals surface area (Å²) < 4.78 is 3.54. The van der Waals surface area contributed by atoms with Crippen LogP contribution in [0.2, 0.25) is 0 Å². The second kappa shape index (κ2) is 5.68. The number of hydrogen-bond donors (Lipinski definition) is 0. The molecule has 0 aromatic carbocycles. The van der Waals surface area contributed by atoms with Gasteiger partial charge in [0, 0.05) is 38.8 Å². The number of rotatable bonds is 3. The third-order valence-corrected chi connectivity index (χ3v) is 3.97. The molecule has 1 saturated carbocycles. The molecule has 2 aromatic rings. The SMILES string of the molecule is Cn1ccc(C=C2CCCC(Cc3ccn(C)n3)C2=O)n1. The van der Waals surface area contributed by atoms with Crippen molar-refractivity contribution in [2.75, 3.05) is 0 Å². The number of allylic oxidation sites excluding steroid dienone is 1. The molecule has 0 spiro atoms. The highest BCUT2D eigenvalue weighted by Gasteiger charge is 2.27. The van der Waals surface area contributed by atoms with E-state index in [0.29, 0.717) is 0 Å². The molecule has 1 unspecified atom stereocenters. The van der Waals surface area contributed by atoms with Crippen LogP contribution in [-0.2, 0) is 25.3 Å². The molecule has 0 bridgehead atoms. The van der Waals surface area contributed by atoms with E-state index in [-0.39, 0.29) is 11.7 Å². The van der Waals surface area contributed by atoms with E-state index in [1.54, 1.807) is 9.36 Å². The Morgan fingerprint density at radius 2 is 2.00 bits per heavy atom. The fraction of sp³-hybridized carbons (Fsp3) is 0.438. The third kappa shape index (κ3) is 3.12. The smallest absolute Gasteiger partial charge is 0.162 e. The second-order valence-corrected chi connectivity index (χ2v) is 5.72. The van der Waals surface area contributed by atoms with Gasteiger partial charge in [-0.15, -0.1) is 0 Å². The van der Waals surface area contributed by atoms with Crippen molar-refractivity contribution in [3.63, 3.8) is 0 Å². The summed E-state index contributed by atoms with van der Waals surface area (Å²) in [7, 11) is 3.78. The quantitative estimate of drug-likeness (QED) is 0.812. The van der Waals surface area contributed by atoms with Crippen molar-refractivity contribution in [2.24, 2.45) is 20.0 Å². The Morgan fingerprint density at radius 3 is 2.67 bits per heavy atom. The molecule has 0 radical (unpaired) electrons. The normalized spacial score (nSPS) is 21.1. The minimum Gasteiger partial charge on any atom is -0.294 e. The van der Waals surface area contributed by atoms with Crippen LogP contribution in [0, 0.1) is 5.92 Å². The summed E-state index contributed by atoms with van der Waals surface area (Å²) in [4.78, 5) is 12.6. The van der Waals surface area contributed by atoms with Gasteiger partial charge in [-0.05, 0) is 43.0 Å². The molecule has 0 amide bonds. The summed E-state index contributed by atoms with van der Waals surface area (Å²) in [6, 6.07) is 3.92. The molecular formula is C16H20N4O. The number of carbonyl (C=O) groups excluding carboxylic acids is 1. The molecule has 21 heavy (non-hydrogen) atoms. The molecule has 1 atom stereocenters. The highest BCUT2D eigenvalue weighted by Crippen LogP contribution is 2.28. The maximum absolute atomic E-state index is 12.6. The van der Waals surface area contributed by atoms with Gasteiger partial charge in [0.2, 0.25) is 0 Å². The van der Waals surface area contributed by atoms with Gasteiger partial charge in [-0.1, -0.05) is 0 Å². The first-order chi connectivity index (χ1) is 10.1. The van der Waals surface area contributed by atoms with Crippen LogP contribution in [0.15, 0.2) is 30.1 Å². The molecule has 2 aromatic heterocycles. The Balaban J connectivity index is 1.75. The van der Waals surface area contributed by atoms with E-state index >= 15 is 0 Å². The summed E-state index contributed by atoms with van der Waals surface area (Å²) in [5, 5.41) is 8.70. The van der Waals surface area contributed by atoms with E-state index < -0.39 is 0 Å². The topological polar surface area (TPSA) is 52.7 Å². The van der Waals surface area contributed by atoms with Gasteiger partial charge in [-0.2, -0.15) is 10.2 Å². The average Bonchev–Trinajstić information content (AvgIpc) is 3.03. The molecule has 2 heterocycles. The van der Waals surface area contributed by atoms with Crippen LogP contribution in [0.1, 0.15) is 30.7 Å². The van der Waals surface area contributed by atoms with Gasteiger partial charge in [0.25, 0.3) is 0 Å². The van der Waals surface area contributed by atoms with Crippen LogP contribution in [0.3, 0.4) is 0 Å². The van der Waals surface area contributed by atoms with Gasteiger partial charge in [0.1, 0.15) is 0 Å². The lowest BCUT2D eigenvalue weighted by Crippen LogP contribution is -2.23. The summed E-state index contributed by atoms with van der Waals surface area (Å²) in [6.45, 7) is 0. The number of aryl methyl sites for hydroxylation is 2. The fourth-order valence-corrected chi connectivity index (χ4v) is 2.91. The Bertz CT molecular complexity index is 680. The molecule has 3 rings (SSSR count). The number of nitrogens with zero attached hydrogens (tertiary/aromatic N) is 4. The molecule has 1 aliphatic carbocycles. The molecule has 0 saturated heterocycles. The van der Waals surface area contributed by atoms with E-state index in [1.807, 2.05) is 44.7 Å². The van der Waals surface area contributed by atoms with Crippen molar-refractivity contribution in [1.82, 2.24) is 19.6 Å². The van der Waals surface area contributed by atoms with Crippen molar-refractivity contribution >= 4 is 11.9 Å². The minimum absolute atomic E-state index is 0.0589. The number of ketones is 1. The summed E-state index contributed by atoms with van der Waals surface area (Å²) in [6.07, 6.45) is 9.36. The summed E-state index contributed by atoms with van der Waals surface area (Å²) >= 11 is 0. The molecule has 110 valence electrons. The van der Waals surface area contributed by atoms with E-state index in [0.717, 1.165) is 42.6 Å². The van der Waals surface area contributed by atoms with E-state index in [1.165, 1.54) is 0 Å². The van der Waals surface area contributed by atoms with Crippen LogP contribution in [0.5, 0.6) is 0 Å². The standard InChI is InChI=1S/C16H20N4O/c1-19-8-6-14(17-19)10-12-4-3-5-13(16(12)21)11-15-7-9-20(2)18-15/h6-10,13H,3-5,11H2,1-2H3. The van der Waals surface area contributed by atoms with Gasteiger partial charge in [0.05, 0.1) is 11.4 Å². The lowest BCUT2D eigenvalue weighted by molar-refractivity contribution is -0.120. The van der Waals surface area contributed by atoms with Crippen LogP contribution < -0.4 is 0 Å². The Labute approximate surface area is 124 Å². The maximum Gasteiger partial charge on any atom is 0.162 e. The van der Waals surface area contributed by atoms with Crippen molar-refractivity contribution < 1.29 is 4.79 Å². The predicted molar refractivity (Wildman–Crippen MR) is 80.4 cm³/mol. The Hall–Kier alpha value is -2.17. The molecule has 0 N–H and O–H groups in total. The van der Waals surface area contributed by atoms with Gasteiger partial charge in [-0.25, -0.2) is 0 Å². The first kappa shape index (κ1) is 13.8. The molecule has 1 fully saturated rings. The van der Waals surface area contributed by atoms with Crippen molar-refractivity contribution in [3.8, 4) is 0 Å². The van der Waals surface area contributed by atoms with Crippen LogP contribution in [0.4, 0.5) is 0 Å². The van der Waals surface area contributed by atoms with Crippen molar-refractivity contribution in [2.45, 2.75) is 25.7 Å². The highest BCUT2D eigenvalue weighted by atomic mass is 16.1. The van der Waals surface area contributed by atoms with Crippen molar-refractivity contribution in [1.29, 1.82) is 0 Å². The largest absolute Gasteiger partial charge is 0.294 e. The lowest BCUT2D eigenvalue weighted by Gasteiger charge is -2.22. The molecule has 5 heteroatoms. The number of hydrogen-bond acceptors (Lipinski definition) is 3. The zero-order valence-electron chi connectivity index (χ0n) is 12.5. The van der Waals surface area contributed by atoms with Gasteiger partial charge < -0.3 is 0 Å². The van der Waals surface area contributed by atoms with Crippen molar-refractivity contribution in [3.05, 3.63) is 41.5 Å². The Kier molecular flexibility index (Phi) is 3.73. The minimum atomic E-state index is 0.0589. The first-order valence-electron chi connectivity index (χ1n) is 7.35. The molecule has 1 aliphatic rings. The number of carbonyl (C=O) groups is 1. The van der Waals surface area contributed by atoms with Gasteiger partial charge >= 0.3 is 0 Å². The maximum atomic E-state index is 12.6.